The number of carbonyl (C=O) groups excluding carboxylic acids is 2. The van der Waals surface area contributed by atoms with E-state index in [0.717, 1.165) is 18.4 Å². The van der Waals surface area contributed by atoms with Crippen LogP contribution in [0.1, 0.15) is 46.0 Å². The van der Waals surface area contributed by atoms with Crippen molar-refractivity contribution < 1.29 is 24.2 Å². The predicted octanol–water partition coefficient (Wildman–Crippen LogP) is 5.22. The molecule has 1 unspecified atom stereocenters. The van der Waals surface area contributed by atoms with Crippen LogP contribution in [0.25, 0.3) is 0 Å². The van der Waals surface area contributed by atoms with Gasteiger partial charge in [0.15, 0.2) is 0 Å². The molecule has 0 bridgehead atoms. The van der Waals surface area contributed by atoms with Crippen LogP contribution in [-0.2, 0) is 14.3 Å². The standard InChI is InChI=1S/C25H31ClO5/c1-18(2)31-25(29)11-6-4-3-5-10-23-19(13-15-24(23)28)12-14-21(27)17-30-22-9-7-8-20(26)16-22/h3,5,7-9,12-14,16,18,21,23,27H,4,6,10-11,15,17H2,1-2H3/t21?,23-/m1/s1. The minimum atomic E-state index is -0.794. The Hall–Kier alpha value is -2.37. The highest BCUT2D eigenvalue weighted by atomic mass is 35.5. The lowest BCUT2D eigenvalue weighted by Gasteiger charge is -2.11. The summed E-state index contributed by atoms with van der Waals surface area (Å²) in [4.78, 5) is 23.7. The second kappa shape index (κ2) is 13.1. The van der Waals surface area contributed by atoms with E-state index in [4.69, 9.17) is 21.1 Å². The number of aliphatic hydroxyl groups is 1. The van der Waals surface area contributed by atoms with Crippen LogP contribution in [0.4, 0.5) is 0 Å². The van der Waals surface area contributed by atoms with Gasteiger partial charge in [-0.25, -0.2) is 0 Å². The van der Waals surface area contributed by atoms with Gasteiger partial charge in [0, 0.05) is 23.8 Å². The van der Waals surface area contributed by atoms with Gasteiger partial charge in [0.25, 0.3) is 0 Å². The van der Waals surface area contributed by atoms with Crippen LogP contribution in [0.3, 0.4) is 0 Å². The van der Waals surface area contributed by atoms with Gasteiger partial charge in [0.05, 0.1) is 6.10 Å². The number of allylic oxidation sites excluding steroid dienone is 5. The largest absolute Gasteiger partial charge is 0.491 e. The maximum absolute atomic E-state index is 12.2. The molecule has 31 heavy (non-hydrogen) atoms. The van der Waals surface area contributed by atoms with Crippen LogP contribution >= 0.6 is 11.6 Å². The predicted molar refractivity (Wildman–Crippen MR) is 122 cm³/mol. The van der Waals surface area contributed by atoms with Crippen molar-refractivity contribution in [3.05, 3.63) is 65.2 Å². The van der Waals surface area contributed by atoms with Gasteiger partial charge in [0.2, 0.25) is 0 Å². The lowest BCUT2D eigenvalue weighted by Crippen LogP contribution is -2.15. The molecular weight excluding hydrogens is 416 g/mol. The molecule has 6 heteroatoms. The zero-order valence-corrected chi connectivity index (χ0v) is 18.9. The van der Waals surface area contributed by atoms with Crippen LogP contribution in [0.5, 0.6) is 5.75 Å². The molecule has 5 nitrogen and oxygen atoms in total. The van der Waals surface area contributed by atoms with Gasteiger partial charge in [-0.3, -0.25) is 9.59 Å². The number of hydrogen-bond donors (Lipinski definition) is 1. The van der Waals surface area contributed by atoms with E-state index in [1.54, 1.807) is 36.4 Å². The third kappa shape index (κ3) is 9.53. The summed E-state index contributed by atoms with van der Waals surface area (Å²) in [6.45, 7) is 3.77. The van der Waals surface area contributed by atoms with Crippen molar-refractivity contribution in [2.75, 3.05) is 6.61 Å². The molecule has 1 aliphatic carbocycles. The van der Waals surface area contributed by atoms with E-state index in [0.29, 0.717) is 30.0 Å². The van der Waals surface area contributed by atoms with Crippen LogP contribution < -0.4 is 4.74 Å². The first-order chi connectivity index (χ1) is 14.8. The molecule has 0 spiro atoms. The Morgan fingerprint density at radius 3 is 2.87 bits per heavy atom. The Morgan fingerprint density at radius 1 is 1.32 bits per heavy atom. The Bertz CT molecular complexity index is 825. The Kier molecular flexibility index (Phi) is 10.5. The van der Waals surface area contributed by atoms with Crippen molar-refractivity contribution in [3.8, 4) is 5.75 Å². The third-order valence-electron chi connectivity index (χ3n) is 4.71. The molecule has 0 aliphatic heterocycles. The van der Waals surface area contributed by atoms with Crippen molar-refractivity contribution >= 4 is 23.4 Å². The Labute approximate surface area is 189 Å². The van der Waals surface area contributed by atoms with E-state index in [9.17, 15) is 14.7 Å². The molecule has 0 heterocycles. The number of hydrogen-bond acceptors (Lipinski definition) is 5. The molecular formula is C25H31ClO5. The monoisotopic (exact) mass is 446 g/mol. The molecule has 2 atom stereocenters. The van der Waals surface area contributed by atoms with Gasteiger partial charge in [-0.2, -0.15) is 0 Å². The number of ketones is 1. The van der Waals surface area contributed by atoms with Crippen molar-refractivity contribution in [3.63, 3.8) is 0 Å². The zero-order chi connectivity index (χ0) is 22.6. The number of aliphatic hydroxyl groups excluding tert-OH is 1. The summed E-state index contributed by atoms with van der Waals surface area (Å²) in [5.74, 6) is 0.396. The average molecular weight is 447 g/mol. The second-order valence-corrected chi connectivity index (χ2v) is 8.20. The number of rotatable bonds is 12. The summed E-state index contributed by atoms with van der Waals surface area (Å²) < 4.78 is 10.6. The third-order valence-corrected chi connectivity index (χ3v) is 4.95. The van der Waals surface area contributed by atoms with Crippen LogP contribution in [0.2, 0.25) is 5.02 Å². The quantitative estimate of drug-likeness (QED) is 0.271. The van der Waals surface area contributed by atoms with E-state index >= 15 is 0 Å². The van der Waals surface area contributed by atoms with Gasteiger partial charge in [-0.05, 0) is 56.9 Å². The molecule has 0 saturated carbocycles. The van der Waals surface area contributed by atoms with Gasteiger partial charge < -0.3 is 14.6 Å². The van der Waals surface area contributed by atoms with Crippen LogP contribution in [0, 0.1) is 5.92 Å². The summed E-state index contributed by atoms with van der Waals surface area (Å²) in [7, 11) is 0. The van der Waals surface area contributed by atoms with Gasteiger partial charge in [0.1, 0.15) is 24.2 Å². The number of unbranched alkanes of at least 4 members (excludes halogenated alkanes) is 1. The molecule has 1 aromatic rings. The number of ether oxygens (including phenoxy) is 2. The lowest BCUT2D eigenvalue weighted by molar-refractivity contribution is -0.147. The molecule has 0 fully saturated rings. The molecule has 1 aromatic carbocycles. The molecule has 0 radical (unpaired) electrons. The van der Waals surface area contributed by atoms with Crippen molar-refractivity contribution in [2.24, 2.45) is 5.92 Å². The minimum absolute atomic E-state index is 0.0865. The second-order valence-electron chi connectivity index (χ2n) is 7.76. The highest BCUT2D eigenvalue weighted by Gasteiger charge is 2.24. The van der Waals surface area contributed by atoms with Crippen molar-refractivity contribution in [1.82, 2.24) is 0 Å². The average Bonchev–Trinajstić information content (AvgIpc) is 3.06. The topological polar surface area (TPSA) is 72.8 Å². The summed E-state index contributed by atoms with van der Waals surface area (Å²) in [6, 6.07) is 7.00. The zero-order valence-electron chi connectivity index (χ0n) is 18.1. The molecule has 1 aliphatic rings. The molecule has 168 valence electrons. The maximum Gasteiger partial charge on any atom is 0.306 e. The van der Waals surface area contributed by atoms with Gasteiger partial charge in [-0.1, -0.05) is 48.0 Å². The SMILES string of the molecule is CC(C)OC(=O)CCCC=CC[C@H]1C(=O)CC=C1C=CC(O)COc1cccc(Cl)c1. The number of Topliss-reactive ketones (excluding diaryl/α,β-unsaturated/α-hetero) is 1. The molecule has 0 amide bonds. The maximum atomic E-state index is 12.2. The first-order valence-corrected chi connectivity index (χ1v) is 11.0. The van der Waals surface area contributed by atoms with E-state index in [1.165, 1.54) is 0 Å². The highest BCUT2D eigenvalue weighted by Crippen LogP contribution is 2.27. The number of carbonyl (C=O) groups is 2. The molecule has 0 aromatic heterocycles. The summed E-state index contributed by atoms with van der Waals surface area (Å²) in [5.41, 5.74) is 0.914. The Balaban J connectivity index is 1.74. The van der Waals surface area contributed by atoms with E-state index < -0.39 is 6.10 Å². The fourth-order valence-electron chi connectivity index (χ4n) is 3.19. The van der Waals surface area contributed by atoms with Gasteiger partial charge >= 0.3 is 5.97 Å². The first kappa shape index (κ1) is 24.9. The molecule has 0 saturated heterocycles. The highest BCUT2D eigenvalue weighted by molar-refractivity contribution is 6.30. The van der Waals surface area contributed by atoms with E-state index in [2.05, 4.69) is 0 Å². The number of esters is 1. The van der Waals surface area contributed by atoms with Gasteiger partial charge in [-0.15, -0.1) is 0 Å². The molecule has 1 N–H and O–H groups in total. The Morgan fingerprint density at radius 2 is 2.13 bits per heavy atom. The van der Waals surface area contributed by atoms with Crippen molar-refractivity contribution in [2.45, 2.75) is 58.2 Å². The summed E-state index contributed by atoms with van der Waals surface area (Å²) >= 11 is 5.92. The van der Waals surface area contributed by atoms with E-state index in [1.807, 2.05) is 32.1 Å². The smallest absolute Gasteiger partial charge is 0.306 e. The summed E-state index contributed by atoms with van der Waals surface area (Å²) in [5, 5.41) is 10.7. The van der Waals surface area contributed by atoms with E-state index in [-0.39, 0.29) is 30.4 Å². The first-order valence-electron chi connectivity index (χ1n) is 10.7. The van der Waals surface area contributed by atoms with Crippen LogP contribution in [0.15, 0.2) is 60.2 Å². The molecule has 2 rings (SSSR count). The fourth-order valence-corrected chi connectivity index (χ4v) is 3.37. The number of halogens is 1. The minimum Gasteiger partial charge on any atom is -0.491 e. The summed E-state index contributed by atoms with van der Waals surface area (Å²) in [6.07, 6.45) is 11.4. The van der Waals surface area contributed by atoms with Crippen molar-refractivity contribution in [1.29, 1.82) is 0 Å². The number of benzene rings is 1. The fraction of sp³-hybridized carbons (Fsp3) is 0.440. The normalized spacial score (nSPS) is 17.5. The van der Waals surface area contributed by atoms with Crippen LogP contribution in [-0.4, -0.2) is 35.7 Å². The lowest BCUT2D eigenvalue weighted by atomic mass is 9.95.